The Bertz CT molecular complexity index is 945. The normalized spacial score (nSPS) is 14.0. The number of carbonyl (C=O) groups excluding carboxylic acids is 2. The van der Waals surface area contributed by atoms with Gasteiger partial charge in [0.1, 0.15) is 11.4 Å². The number of nitrogens with zero attached hydrogens (tertiary/aromatic N) is 1. The predicted octanol–water partition coefficient (Wildman–Crippen LogP) is 4.69. The molecule has 2 aromatic carbocycles. The molecule has 0 aliphatic carbocycles. The van der Waals surface area contributed by atoms with E-state index in [1.807, 2.05) is 63.2 Å². The van der Waals surface area contributed by atoms with Crippen LogP contribution in [0.4, 0.5) is 5.69 Å². The van der Waals surface area contributed by atoms with Crippen LogP contribution in [-0.2, 0) is 9.59 Å². The zero-order valence-electron chi connectivity index (χ0n) is 17.5. The maximum atomic E-state index is 13.1. The highest BCUT2D eigenvalue weighted by Gasteiger charge is 2.38. The van der Waals surface area contributed by atoms with Crippen LogP contribution in [0.25, 0.3) is 5.57 Å². The van der Waals surface area contributed by atoms with Gasteiger partial charge in [0.25, 0.3) is 11.8 Å². The monoisotopic (exact) mass is 392 g/mol. The molecule has 1 aliphatic heterocycles. The Labute approximate surface area is 172 Å². The summed E-state index contributed by atoms with van der Waals surface area (Å²) in [6.07, 6.45) is 1.64. The number of anilines is 1. The summed E-state index contributed by atoms with van der Waals surface area (Å²) in [5.74, 6) is 0.216. The molecule has 2 aromatic rings. The minimum absolute atomic E-state index is 0.258. The van der Waals surface area contributed by atoms with E-state index in [4.69, 9.17) is 4.74 Å². The summed E-state index contributed by atoms with van der Waals surface area (Å²) in [4.78, 5) is 27.5. The van der Waals surface area contributed by atoms with Gasteiger partial charge in [0, 0.05) is 12.2 Å². The van der Waals surface area contributed by atoms with Crippen LogP contribution >= 0.6 is 0 Å². The zero-order chi connectivity index (χ0) is 21.0. The Balaban J connectivity index is 2.02. The number of imide groups is 1. The van der Waals surface area contributed by atoms with Gasteiger partial charge in [-0.3, -0.25) is 14.5 Å². The summed E-state index contributed by atoms with van der Waals surface area (Å²) in [6.45, 7) is 9.07. The van der Waals surface area contributed by atoms with Crippen LogP contribution in [0, 0.1) is 13.8 Å². The number of ether oxygens (including phenoxy) is 1. The molecule has 152 valence electrons. The molecule has 0 fully saturated rings. The Morgan fingerprint density at radius 1 is 0.931 bits per heavy atom. The highest BCUT2D eigenvalue weighted by atomic mass is 16.5. The minimum Gasteiger partial charge on any atom is -0.494 e. The SMILES string of the molecule is CCCOc1ccc(C2=C(Nc3cccc(C)c3C)C(=O)N(CCC)C2=O)cc1. The molecule has 2 amide bonds. The number of rotatable bonds is 8. The fourth-order valence-electron chi connectivity index (χ4n) is 3.35. The molecule has 5 heteroatoms. The van der Waals surface area contributed by atoms with E-state index in [-0.39, 0.29) is 11.8 Å². The van der Waals surface area contributed by atoms with E-state index in [0.717, 1.165) is 29.0 Å². The van der Waals surface area contributed by atoms with Crippen LogP contribution in [-0.4, -0.2) is 29.9 Å². The highest BCUT2D eigenvalue weighted by Crippen LogP contribution is 2.32. The molecule has 0 radical (unpaired) electrons. The van der Waals surface area contributed by atoms with Gasteiger partial charge in [-0.2, -0.15) is 0 Å². The molecule has 29 heavy (non-hydrogen) atoms. The molecule has 0 saturated heterocycles. The lowest BCUT2D eigenvalue weighted by molar-refractivity contribution is -0.136. The summed E-state index contributed by atoms with van der Waals surface area (Å²) in [6, 6.07) is 13.2. The van der Waals surface area contributed by atoms with Crippen molar-refractivity contribution in [2.24, 2.45) is 0 Å². The van der Waals surface area contributed by atoms with Gasteiger partial charge in [0.2, 0.25) is 0 Å². The molecule has 1 heterocycles. The second-order valence-electron chi connectivity index (χ2n) is 7.26. The first-order valence-electron chi connectivity index (χ1n) is 10.1. The van der Waals surface area contributed by atoms with Gasteiger partial charge in [-0.15, -0.1) is 0 Å². The molecule has 5 nitrogen and oxygen atoms in total. The molecule has 0 spiro atoms. The third-order valence-electron chi connectivity index (χ3n) is 5.10. The van der Waals surface area contributed by atoms with E-state index in [1.54, 1.807) is 0 Å². The summed E-state index contributed by atoms with van der Waals surface area (Å²) in [5, 5.41) is 3.25. The molecular formula is C24H28N2O3. The van der Waals surface area contributed by atoms with Gasteiger partial charge in [-0.05, 0) is 61.6 Å². The van der Waals surface area contributed by atoms with Crippen molar-refractivity contribution in [1.82, 2.24) is 4.90 Å². The maximum absolute atomic E-state index is 13.1. The average Bonchev–Trinajstić information content (AvgIpc) is 2.95. The standard InChI is InChI=1S/C24H28N2O3/c1-5-14-26-23(27)21(18-10-12-19(13-11-18)29-15-6-2)22(24(26)28)25-20-9-7-8-16(3)17(20)4/h7-13,25H,5-6,14-15H2,1-4H3. The summed E-state index contributed by atoms with van der Waals surface area (Å²) < 4.78 is 5.64. The van der Waals surface area contributed by atoms with E-state index < -0.39 is 0 Å². The second-order valence-corrected chi connectivity index (χ2v) is 7.26. The van der Waals surface area contributed by atoms with Gasteiger partial charge < -0.3 is 10.1 Å². The number of benzene rings is 2. The van der Waals surface area contributed by atoms with Gasteiger partial charge >= 0.3 is 0 Å². The summed E-state index contributed by atoms with van der Waals surface area (Å²) >= 11 is 0. The third kappa shape index (κ3) is 4.19. The van der Waals surface area contributed by atoms with Crippen molar-refractivity contribution in [2.75, 3.05) is 18.5 Å². The predicted molar refractivity (Wildman–Crippen MR) is 116 cm³/mol. The molecule has 1 aliphatic rings. The van der Waals surface area contributed by atoms with Gasteiger partial charge in [0.15, 0.2) is 0 Å². The number of aryl methyl sites for hydroxylation is 1. The largest absolute Gasteiger partial charge is 0.494 e. The molecule has 0 atom stereocenters. The van der Waals surface area contributed by atoms with Crippen molar-refractivity contribution in [3.63, 3.8) is 0 Å². The van der Waals surface area contributed by atoms with Crippen LogP contribution in [0.15, 0.2) is 48.2 Å². The average molecular weight is 392 g/mol. The van der Waals surface area contributed by atoms with Crippen LogP contribution in [0.5, 0.6) is 5.75 Å². The zero-order valence-corrected chi connectivity index (χ0v) is 17.5. The lowest BCUT2D eigenvalue weighted by Gasteiger charge is -2.15. The van der Waals surface area contributed by atoms with Gasteiger partial charge in [-0.25, -0.2) is 0 Å². The Kier molecular flexibility index (Phi) is 6.37. The Morgan fingerprint density at radius 3 is 2.31 bits per heavy atom. The third-order valence-corrected chi connectivity index (χ3v) is 5.10. The fraction of sp³-hybridized carbons (Fsp3) is 0.333. The van der Waals surface area contributed by atoms with Crippen molar-refractivity contribution < 1.29 is 14.3 Å². The van der Waals surface area contributed by atoms with E-state index in [1.165, 1.54) is 4.90 Å². The number of hydrogen-bond donors (Lipinski definition) is 1. The van der Waals surface area contributed by atoms with E-state index in [0.29, 0.717) is 36.4 Å². The fourth-order valence-corrected chi connectivity index (χ4v) is 3.35. The van der Waals surface area contributed by atoms with Crippen molar-refractivity contribution in [3.05, 3.63) is 64.9 Å². The van der Waals surface area contributed by atoms with Gasteiger partial charge in [-0.1, -0.05) is 38.1 Å². The molecule has 0 unspecified atom stereocenters. The highest BCUT2D eigenvalue weighted by molar-refractivity contribution is 6.36. The topological polar surface area (TPSA) is 58.6 Å². The first kappa shape index (κ1) is 20.6. The quantitative estimate of drug-likeness (QED) is 0.662. The lowest BCUT2D eigenvalue weighted by Crippen LogP contribution is -2.33. The van der Waals surface area contributed by atoms with Crippen LogP contribution in [0.3, 0.4) is 0 Å². The number of carbonyl (C=O) groups is 2. The number of hydrogen-bond acceptors (Lipinski definition) is 4. The molecule has 0 bridgehead atoms. The molecule has 0 saturated carbocycles. The smallest absolute Gasteiger partial charge is 0.278 e. The number of nitrogens with one attached hydrogen (secondary N) is 1. The van der Waals surface area contributed by atoms with Crippen LogP contribution < -0.4 is 10.1 Å². The molecule has 3 rings (SSSR count). The second kappa shape index (κ2) is 8.95. The summed E-state index contributed by atoms with van der Waals surface area (Å²) in [5.41, 5.74) is 4.46. The van der Waals surface area contributed by atoms with Crippen molar-refractivity contribution >= 4 is 23.1 Å². The van der Waals surface area contributed by atoms with Crippen LogP contribution in [0.2, 0.25) is 0 Å². The lowest BCUT2D eigenvalue weighted by atomic mass is 10.0. The minimum atomic E-state index is -0.279. The Hall–Kier alpha value is -3.08. The van der Waals surface area contributed by atoms with E-state index >= 15 is 0 Å². The summed E-state index contributed by atoms with van der Waals surface area (Å²) in [7, 11) is 0. The number of amides is 2. The van der Waals surface area contributed by atoms with Crippen LogP contribution in [0.1, 0.15) is 43.4 Å². The van der Waals surface area contributed by atoms with Crippen molar-refractivity contribution in [2.45, 2.75) is 40.5 Å². The Morgan fingerprint density at radius 2 is 1.66 bits per heavy atom. The first-order chi connectivity index (χ1) is 14.0. The van der Waals surface area contributed by atoms with Crippen molar-refractivity contribution in [3.8, 4) is 5.75 Å². The van der Waals surface area contributed by atoms with E-state index in [2.05, 4.69) is 12.2 Å². The molecule has 0 aromatic heterocycles. The molecule has 1 N–H and O–H groups in total. The van der Waals surface area contributed by atoms with Crippen molar-refractivity contribution in [1.29, 1.82) is 0 Å². The molecular weight excluding hydrogens is 364 g/mol. The van der Waals surface area contributed by atoms with E-state index in [9.17, 15) is 9.59 Å². The van der Waals surface area contributed by atoms with Gasteiger partial charge in [0.05, 0.1) is 12.2 Å². The first-order valence-corrected chi connectivity index (χ1v) is 10.1. The maximum Gasteiger partial charge on any atom is 0.278 e.